The summed E-state index contributed by atoms with van der Waals surface area (Å²) in [5, 5.41) is 0.416. The molecule has 0 aromatic carbocycles. The Morgan fingerprint density at radius 1 is 1.38 bits per heavy atom. The highest BCUT2D eigenvalue weighted by Gasteiger charge is 2.49. The van der Waals surface area contributed by atoms with Gasteiger partial charge < -0.3 is 9.30 Å². The Morgan fingerprint density at radius 3 is 2.79 bits per heavy atom. The van der Waals surface area contributed by atoms with Gasteiger partial charge in [0.15, 0.2) is 5.82 Å². The lowest BCUT2D eigenvalue weighted by atomic mass is 9.61. The van der Waals surface area contributed by atoms with Crippen molar-refractivity contribution < 1.29 is 13.9 Å². The third-order valence-corrected chi connectivity index (χ3v) is 5.73. The lowest BCUT2D eigenvalue weighted by Gasteiger charge is -2.47. The SMILES string of the molecule is CCOC(=O)C1C2CCC(CC2)C1n1cc(F)c2cnc(Cl)nc21. The van der Waals surface area contributed by atoms with Crippen LogP contribution in [0.5, 0.6) is 0 Å². The van der Waals surface area contributed by atoms with Crippen molar-refractivity contribution in [2.24, 2.45) is 17.8 Å². The third-order valence-electron chi connectivity index (χ3n) is 5.55. The Balaban J connectivity index is 1.83. The van der Waals surface area contributed by atoms with Gasteiger partial charge in [-0.1, -0.05) is 0 Å². The van der Waals surface area contributed by atoms with Crippen LogP contribution in [-0.2, 0) is 9.53 Å². The van der Waals surface area contributed by atoms with Gasteiger partial charge in [-0.3, -0.25) is 4.79 Å². The molecule has 0 amide bonds. The van der Waals surface area contributed by atoms with Crippen molar-refractivity contribution in [2.45, 2.75) is 38.6 Å². The van der Waals surface area contributed by atoms with Crippen LogP contribution in [0.25, 0.3) is 11.0 Å². The molecule has 2 atom stereocenters. The molecule has 2 bridgehead atoms. The molecule has 7 heteroatoms. The van der Waals surface area contributed by atoms with Crippen LogP contribution in [-0.4, -0.2) is 27.1 Å². The van der Waals surface area contributed by atoms with E-state index in [1.807, 2.05) is 6.92 Å². The first-order valence-corrected chi connectivity index (χ1v) is 8.83. The molecule has 3 aliphatic carbocycles. The van der Waals surface area contributed by atoms with Gasteiger partial charge in [0.1, 0.15) is 5.65 Å². The average Bonchev–Trinajstić information content (AvgIpc) is 2.91. The smallest absolute Gasteiger partial charge is 0.311 e. The van der Waals surface area contributed by atoms with E-state index in [0.29, 0.717) is 23.6 Å². The van der Waals surface area contributed by atoms with Gasteiger partial charge in [-0.25, -0.2) is 9.37 Å². The number of carbonyl (C=O) groups excluding carboxylic acids is 1. The normalized spacial score (nSPS) is 29.1. The molecule has 5 nitrogen and oxygen atoms in total. The third kappa shape index (κ3) is 2.39. The number of hydrogen-bond acceptors (Lipinski definition) is 4. The number of carbonyl (C=O) groups is 1. The van der Waals surface area contributed by atoms with E-state index in [2.05, 4.69) is 9.97 Å². The molecule has 0 aliphatic heterocycles. The molecule has 0 N–H and O–H groups in total. The van der Waals surface area contributed by atoms with Crippen LogP contribution in [0.3, 0.4) is 0 Å². The lowest BCUT2D eigenvalue weighted by molar-refractivity contribution is -0.157. The predicted octanol–water partition coefficient (Wildman–Crippen LogP) is 3.76. The number of nitrogens with zero attached hydrogens (tertiary/aromatic N) is 3. The van der Waals surface area contributed by atoms with Crippen molar-refractivity contribution in [3.8, 4) is 0 Å². The minimum Gasteiger partial charge on any atom is -0.466 e. The standard InChI is InChI=1S/C17H19ClFN3O2/c1-2-24-16(23)13-9-3-5-10(6-4-9)14(13)22-8-12(19)11-7-20-17(18)21-15(11)22/h7-10,13-14H,2-6H2,1H3. The second-order valence-corrected chi connectivity index (χ2v) is 7.04. The molecule has 0 radical (unpaired) electrons. The molecule has 5 rings (SSSR count). The van der Waals surface area contributed by atoms with E-state index in [4.69, 9.17) is 16.3 Å². The number of esters is 1. The molecule has 3 aliphatic rings. The van der Waals surface area contributed by atoms with Crippen molar-refractivity contribution in [3.63, 3.8) is 0 Å². The number of halogens is 2. The van der Waals surface area contributed by atoms with Gasteiger partial charge in [0, 0.05) is 12.4 Å². The van der Waals surface area contributed by atoms with Crippen molar-refractivity contribution >= 4 is 28.6 Å². The summed E-state index contributed by atoms with van der Waals surface area (Å²) >= 11 is 5.92. The number of fused-ring (bicyclic) bond motifs is 4. The maximum absolute atomic E-state index is 14.4. The summed E-state index contributed by atoms with van der Waals surface area (Å²) in [6.45, 7) is 2.17. The summed E-state index contributed by atoms with van der Waals surface area (Å²) < 4.78 is 21.5. The number of hydrogen-bond donors (Lipinski definition) is 0. The highest BCUT2D eigenvalue weighted by atomic mass is 35.5. The second kappa shape index (κ2) is 5.99. The van der Waals surface area contributed by atoms with Crippen LogP contribution in [0.1, 0.15) is 38.6 Å². The Morgan fingerprint density at radius 2 is 2.08 bits per heavy atom. The van der Waals surface area contributed by atoms with Crippen LogP contribution >= 0.6 is 11.6 Å². The van der Waals surface area contributed by atoms with Crippen LogP contribution in [0.15, 0.2) is 12.4 Å². The highest BCUT2D eigenvalue weighted by Crippen LogP contribution is 2.52. The maximum atomic E-state index is 14.4. The first-order chi connectivity index (χ1) is 11.6. The van der Waals surface area contributed by atoms with E-state index < -0.39 is 0 Å². The summed E-state index contributed by atoms with van der Waals surface area (Å²) in [5.74, 6) is -0.198. The van der Waals surface area contributed by atoms with Gasteiger partial charge in [0.05, 0.1) is 24.0 Å². The van der Waals surface area contributed by atoms with E-state index in [1.54, 1.807) is 4.57 Å². The fraction of sp³-hybridized carbons (Fsp3) is 0.588. The van der Waals surface area contributed by atoms with E-state index >= 15 is 0 Å². The van der Waals surface area contributed by atoms with Gasteiger partial charge in [-0.15, -0.1) is 0 Å². The maximum Gasteiger partial charge on any atom is 0.311 e. The van der Waals surface area contributed by atoms with Gasteiger partial charge in [0.2, 0.25) is 5.28 Å². The summed E-state index contributed by atoms with van der Waals surface area (Å²) in [6, 6.07) is -0.130. The predicted molar refractivity (Wildman–Crippen MR) is 87.1 cm³/mol. The molecule has 3 saturated carbocycles. The molecule has 0 saturated heterocycles. The summed E-state index contributed by atoms with van der Waals surface area (Å²) in [4.78, 5) is 20.7. The van der Waals surface area contributed by atoms with Gasteiger partial charge in [0.25, 0.3) is 0 Å². The minimum absolute atomic E-state index is 0.0792. The van der Waals surface area contributed by atoms with E-state index in [1.165, 1.54) is 12.4 Å². The van der Waals surface area contributed by atoms with Gasteiger partial charge in [-0.05, 0) is 56.0 Å². The summed E-state index contributed by atoms with van der Waals surface area (Å²) in [6.07, 6.45) is 6.99. The topological polar surface area (TPSA) is 57.0 Å². The lowest BCUT2D eigenvalue weighted by Crippen LogP contribution is -2.45. The molecular formula is C17H19ClFN3O2. The first-order valence-electron chi connectivity index (χ1n) is 8.45. The van der Waals surface area contributed by atoms with Crippen molar-refractivity contribution in [1.29, 1.82) is 0 Å². The van der Waals surface area contributed by atoms with Crippen LogP contribution in [0.4, 0.5) is 4.39 Å². The zero-order valence-electron chi connectivity index (χ0n) is 13.4. The van der Waals surface area contributed by atoms with E-state index in [-0.39, 0.29) is 34.9 Å². The monoisotopic (exact) mass is 351 g/mol. The van der Waals surface area contributed by atoms with Crippen LogP contribution in [0.2, 0.25) is 5.28 Å². The van der Waals surface area contributed by atoms with Crippen LogP contribution < -0.4 is 0 Å². The minimum atomic E-state index is -0.384. The molecule has 2 heterocycles. The van der Waals surface area contributed by atoms with Crippen molar-refractivity contribution in [1.82, 2.24) is 14.5 Å². The quantitative estimate of drug-likeness (QED) is 0.624. The fourth-order valence-corrected chi connectivity index (χ4v) is 4.71. The second-order valence-electron chi connectivity index (χ2n) is 6.70. The Labute approximate surface area is 144 Å². The van der Waals surface area contributed by atoms with Gasteiger partial charge >= 0.3 is 5.97 Å². The fourth-order valence-electron chi connectivity index (χ4n) is 4.59. The number of rotatable bonds is 3. The molecule has 24 heavy (non-hydrogen) atoms. The Bertz CT molecular complexity index is 785. The molecule has 2 aromatic rings. The largest absolute Gasteiger partial charge is 0.466 e. The number of ether oxygens (including phenoxy) is 1. The number of aromatic nitrogens is 3. The first kappa shape index (κ1) is 15.8. The van der Waals surface area contributed by atoms with E-state index in [9.17, 15) is 9.18 Å². The van der Waals surface area contributed by atoms with E-state index in [0.717, 1.165) is 25.7 Å². The van der Waals surface area contributed by atoms with Crippen molar-refractivity contribution in [2.75, 3.05) is 6.61 Å². The van der Waals surface area contributed by atoms with Crippen molar-refractivity contribution in [3.05, 3.63) is 23.5 Å². The summed E-state index contributed by atoms with van der Waals surface area (Å²) in [5.41, 5.74) is 0.458. The summed E-state index contributed by atoms with van der Waals surface area (Å²) in [7, 11) is 0. The molecule has 128 valence electrons. The Kier molecular flexibility index (Phi) is 3.95. The van der Waals surface area contributed by atoms with Gasteiger partial charge in [-0.2, -0.15) is 4.98 Å². The zero-order valence-corrected chi connectivity index (χ0v) is 14.2. The molecule has 2 aromatic heterocycles. The highest BCUT2D eigenvalue weighted by molar-refractivity contribution is 6.28. The molecular weight excluding hydrogens is 333 g/mol. The molecule has 3 fully saturated rings. The van der Waals surface area contributed by atoms with Crippen LogP contribution in [0, 0.1) is 23.6 Å². The average molecular weight is 352 g/mol. The zero-order chi connectivity index (χ0) is 16.8. The Hall–Kier alpha value is -1.69. The molecule has 0 spiro atoms. The molecule has 2 unspecified atom stereocenters.